The van der Waals surface area contributed by atoms with Crippen molar-refractivity contribution in [2.24, 2.45) is 0 Å². The highest BCUT2D eigenvalue weighted by Crippen LogP contribution is 2.25. The van der Waals surface area contributed by atoms with E-state index in [4.69, 9.17) is 9.15 Å². The zero-order valence-corrected chi connectivity index (χ0v) is 15.1. The number of carbonyl (C=O) groups is 1. The number of hydrogen-bond acceptors (Lipinski definition) is 4. The molecule has 2 heterocycles. The predicted octanol–water partition coefficient (Wildman–Crippen LogP) is 3.60. The highest BCUT2D eigenvalue weighted by Gasteiger charge is 2.18. The van der Waals surface area contributed by atoms with E-state index in [1.165, 1.54) is 0 Å². The van der Waals surface area contributed by atoms with Gasteiger partial charge in [-0.3, -0.25) is 9.69 Å². The first-order chi connectivity index (χ1) is 13.3. The van der Waals surface area contributed by atoms with Crippen LogP contribution in [0.1, 0.15) is 27.0 Å². The summed E-state index contributed by atoms with van der Waals surface area (Å²) in [6, 6.07) is 17.5. The van der Waals surface area contributed by atoms with Gasteiger partial charge in [-0.15, -0.1) is 0 Å². The number of rotatable bonds is 5. The number of carbonyl (C=O) groups excluding carboxylic acids is 1. The van der Waals surface area contributed by atoms with E-state index in [-0.39, 0.29) is 5.91 Å². The Balaban J connectivity index is 1.45. The number of ether oxygens (including phenoxy) is 1. The van der Waals surface area contributed by atoms with Crippen molar-refractivity contribution in [3.63, 3.8) is 0 Å². The highest BCUT2D eigenvalue weighted by atomic mass is 16.5. The third kappa shape index (κ3) is 4.38. The normalized spacial score (nSPS) is 14.1. The van der Waals surface area contributed by atoms with Crippen molar-refractivity contribution in [3.05, 3.63) is 89.4 Å². The van der Waals surface area contributed by atoms with Crippen molar-refractivity contribution in [3.8, 4) is 5.75 Å². The summed E-state index contributed by atoms with van der Waals surface area (Å²) in [5, 5.41) is 2.98. The van der Waals surface area contributed by atoms with Crippen LogP contribution in [-0.2, 0) is 19.6 Å². The maximum absolute atomic E-state index is 12.5. The van der Waals surface area contributed by atoms with Gasteiger partial charge in [-0.05, 0) is 29.8 Å². The molecule has 1 amide bonds. The molecular formula is C22H22N2O3. The molecule has 0 saturated carbocycles. The molecule has 0 spiro atoms. The molecule has 0 bridgehead atoms. The van der Waals surface area contributed by atoms with Gasteiger partial charge in [-0.25, -0.2) is 0 Å². The Bertz CT molecular complexity index is 891. The van der Waals surface area contributed by atoms with Gasteiger partial charge in [0.1, 0.15) is 12.4 Å². The number of nitrogens with zero attached hydrogens (tertiary/aromatic N) is 1. The topological polar surface area (TPSA) is 54.7 Å². The Hall–Kier alpha value is -3.05. The van der Waals surface area contributed by atoms with E-state index < -0.39 is 0 Å². The minimum atomic E-state index is -0.0766. The first-order valence-corrected chi connectivity index (χ1v) is 9.09. The average molecular weight is 362 g/mol. The van der Waals surface area contributed by atoms with Crippen molar-refractivity contribution in [1.82, 2.24) is 10.2 Å². The molecule has 0 fully saturated rings. The minimum Gasteiger partial charge on any atom is -0.492 e. The van der Waals surface area contributed by atoms with Gasteiger partial charge in [-0.2, -0.15) is 0 Å². The van der Waals surface area contributed by atoms with E-state index in [1.807, 2.05) is 54.6 Å². The fourth-order valence-electron chi connectivity index (χ4n) is 3.25. The van der Waals surface area contributed by atoms with Gasteiger partial charge in [0.2, 0.25) is 0 Å². The van der Waals surface area contributed by atoms with Gasteiger partial charge < -0.3 is 14.5 Å². The molecule has 4 rings (SSSR count). The number of fused-ring (bicyclic) bond motifs is 1. The first kappa shape index (κ1) is 17.4. The van der Waals surface area contributed by atoms with Crippen molar-refractivity contribution in [1.29, 1.82) is 0 Å². The number of furan rings is 1. The molecule has 1 aliphatic rings. The summed E-state index contributed by atoms with van der Waals surface area (Å²) >= 11 is 0. The Kier molecular flexibility index (Phi) is 5.21. The maximum atomic E-state index is 12.5. The van der Waals surface area contributed by atoms with E-state index in [0.717, 1.165) is 42.1 Å². The zero-order valence-electron chi connectivity index (χ0n) is 15.1. The molecule has 138 valence electrons. The monoisotopic (exact) mass is 362 g/mol. The largest absolute Gasteiger partial charge is 0.492 e. The maximum Gasteiger partial charge on any atom is 0.251 e. The molecule has 27 heavy (non-hydrogen) atoms. The molecule has 0 saturated heterocycles. The van der Waals surface area contributed by atoms with E-state index in [0.29, 0.717) is 18.7 Å². The summed E-state index contributed by atoms with van der Waals surface area (Å²) in [5.74, 6) is 0.775. The van der Waals surface area contributed by atoms with Gasteiger partial charge in [0.15, 0.2) is 0 Å². The summed E-state index contributed by atoms with van der Waals surface area (Å²) in [6.45, 7) is 3.50. The molecule has 5 nitrogen and oxygen atoms in total. The lowest BCUT2D eigenvalue weighted by molar-refractivity contribution is 0.0950. The molecule has 3 aromatic rings. The molecule has 2 aromatic carbocycles. The van der Waals surface area contributed by atoms with E-state index >= 15 is 0 Å². The van der Waals surface area contributed by atoms with Crippen molar-refractivity contribution < 1.29 is 13.9 Å². The van der Waals surface area contributed by atoms with Crippen LogP contribution in [0, 0.1) is 0 Å². The lowest BCUT2D eigenvalue weighted by Crippen LogP contribution is -2.25. The van der Waals surface area contributed by atoms with Crippen LogP contribution in [-0.4, -0.2) is 24.0 Å². The molecular weight excluding hydrogens is 340 g/mol. The van der Waals surface area contributed by atoms with Gasteiger partial charge in [0, 0.05) is 42.9 Å². The molecule has 1 aliphatic heterocycles. The average Bonchev–Trinajstić information content (AvgIpc) is 3.12. The summed E-state index contributed by atoms with van der Waals surface area (Å²) < 4.78 is 11.0. The van der Waals surface area contributed by atoms with Crippen molar-refractivity contribution in [2.45, 2.75) is 19.6 Å². The fourth-order valence-corrected chi connectivity index (χ4v) is 3.25. The molecule has 0 radical (unpaired) electrons. The van der Waals surface area contributed by atoms with E-state index in [2.05, 4.69) is 10.2 Å². The molecule has 5 heteroatoms. The third-order valence-corrected chi connectivity index (χ3v) is 4.66. The second-order valence-electron chi connectivity index (χ2n) is 6.68. The van der Waals surface area contributed by atoms with E-state index in [1.54, 1.807) is 12.5 Å². The van der Waals surface area contributed by atoms with Gasteiger partial charge in [-0.1, -0.05) is 30.3 Å². The smallest absolute Gasteiger partial charge is 0.251 e. The molecule has 0 unspecified atom stereocenters. The van der Waals surface area contributed by atoms with Crippen LogP contribution in [0.25, 0.3) is 0 Å². The first-order valence-electron chi connectivity index (χ1n) is 9.09. The number of hydrogen-bond donors (Lipinski definition) is 1. The third-order valence-electron chi connectivity index (χ3n) is 4.66. The van der Waals surface area contributed by atoms with Gasteiger partial charge in [0.05, 0.1) is 12.5 Å². The zero-order chi connectivity index (χ0) is 18.5. The van der Waals surface area contributed by atoms with Crippen LogP contribution in [0.3, 0.4) is 0 Å². The minimum absolute atomic E-state index is 0.0766. The number of nitrogens with one attached hydrogen (secondary N) is 1. The highest BCUT2D eigenvalue weighted by molar-refractivity contribution is 5.94. The summed E-state index contributed by atoms with van der Waals surface area (Å²) in [7, 11) is 0. The molecule has 1 N–H and O–H groups in total. The van der Waals surface area contributed by atoms with Crippen LogP contribution >= 0.6 is 0 Å². The van der Waals surface area contributed by atoms with Gasteiger partial charge in [0.25, 0.3) is 5.91 Å². The van der Waals surface area contributed by atoms with Crippen LogP contribution in [0.2, 0.25) is 0 Å². The SMILES string of the molecule is O=C(NCc1ccccc1)c1ccc2c(c1)CN(Cc1ccoc1)CCO2. The van der Waals surface area contributed by atoms with Crippen LogP contribution in [0.4, 0.5) is 0 Å². The Morgan fingerprint density at radius 1 is 1.07 bits per heavy atom. The Morgan fingerprint density at radius 2 is 1.96 bits per heavy atom. The molecule has 1 aromatic heterocycles. The lowest BCUT2D eigenvalue weighted by Gasteiger charge is -2.18. The number of amides is 1. The summed E-state index contributed by atoms with van der Waals surface area (Å²) in [5.41, 5.74) is 3.90. The van der Waals surface area contributed by atoms with Gasteiger partial charge >= 0.3 is 0 Å². The Morgan fingerprint density at radius 3 is 2.78 bits per heavy atom. The van der Waals surface area contributed by atoms with Crippen LogP contribution in [0.5, 0.6) is 5.75 Å². The van der Waals surface area contributed by atoms with Crippen LogP contribution < -0.4 is 10.1 Å². The standard InChI is InChI=1S/C22H22N2O3/c25-22(23-13-17-4-2-1-3-5-17)19-6-7-21-20(12-19)15-24(9-11-27-21)14-18-8-10-26-16-18/h1-8,10,12,16H,9,11,13-15H2,(H,23,25). The molecule has 0 aliphatic carbocycles. The van der Waals surface area contributed by atoms with Crippen molar-refractivity contribution >= 4 is 5.91 Å². The fraction of sp³-hybridized carbons (Fsp3) is 0.227. The Labute approximate surface area is 158 Å². The second kappa shape index (κ2) is 8.10. The van der Waals surface area contributed by atoms with Crippen molar-refractivity contribution in [2.75, 3.05) is 13.2 Å². The summed E-state index contributed by atoms with van der Waals surface area (Å²) in [6.07, 6.45) is 3.45. The second-order valence-corrected chi connectivity index (χ2v) is 6.68. The van der Waals surface area contributed by atoms with Crippen LogP contribution in [0.15, 0.2) is 71.5 Å². The molecule has 0 atom stereocenters. The quantitative estimate of drug-likeness (QED) is 0.753. The number of benzene rings is 2. The predicted molar refractivity (Wildman–Crippen MR) is 102 cm³/mol. The summed E-state index contributed by atoms with van der Waals surface area (Å²) in [4.78, 5) is 14.8. The van der Waals surface area contributed by atoms with E-state index in [9.17, 15) is 4.79 Å². The lowest BCUT2D eigenvalue weighted by atomic mass is 10.1.